The molecule has 0 amide bonds. The van der Waals surface area contributed by atoms with Crippen LogP contribution in [0.2, 0.25) is 0 Å². The highest BCUT2D eigenvalue weighted by Crippen LogP contribution is 2.28. The predicted molar refractivity (Wildman–Crippen MR) is 150 cm³/mol. The number of rotatable bonds is 19. The molecular weight excluding hydrogens is 428 g/mol. The molecule has 35 heavy (non-hydrogen) atoms. The van der Waals surface area contributed by atoms with Crippen LogP contribution in [0.15, 0.2) is 54.6 Å². The number of nitrogens with zero attached hydrogens (tertiary/aromatic N) is 2. The van der Waals surface area contributed by atoms with Crippen LogP contribution in [0.5, 0.6) is 5.75 Å². The molecule has 192 valence electrons. The molecule has 3 aromatic rings. The maximum absolute atomic E-state index is 6.36. The summed E-state index contributed by atoms with van der Waals surface area (Å²) in [5.41, 5.74) is 2.30. The van der Waals surface area contributed by atoms with Crippen LogP contribution < -0.4 is 4.74 Å². The van der Waals surface area contributed by atoms with Crippen LogP contribution in [0, 0.1) is 0 Å². The van der Waals surface area contributed by atoms with E-state index in [1.54, 1.807) is 0 Å². The van der Waals surface area contributed by atoms with E-state index in [1.807, 2.05) is 30.3 Å². The van der Waals surface area contributed by atoms with Gasteiger partial charge < -0.3 is 9.30 Å². The number of imidazole rings is 1. The van der Waals surface area contributed by atoms with E-state index in [0.29, 0.717) is 0 Å². The van der Waals surface area contributed by atoms with Crippen LogP contribution in [0.1, 0.15) is 122 Å². The molecule has 0 saturated heterocycles. The van der Waals surface area contributed by atoms with Gasteiger partial charge in [-0.3, -0.25) is 0 Å². The first kappa shape index (κ1) is 27.3. The Morgan fingerprint density at radius 3 is 1.80 bits per heavy atom. The van der Waals surface area contributed by atoms with Crippen molar-refractivity contribution in [2.24, 2.45) is 0 Å². The smallest absolute Gasteiger partial charge is 0.156 e. The molecule has 3 nitrogen and oxygen atoms in total. The lowest BCUT2D eigenvalue weighted by atomic mass is 10.0. The minimum atomic E-state index is -0.0311. The second kappa shape index (κ2) is 16.4. The highest BCUT2D eigenvalue weighted by molar-refractivity contribution is 5.76. The lowest BCUT2D eigenvalue weighted by Crippen LogP contribution is -2.14. The summed E-state index contributed by atoms with van der Waals surface area (Å²) in [6.45, 7) is 5.49. The molecule has 1 unspecified atom stereocenters. The first-order valence-electron chi connectivity index (χ1n) is 14.5. The van der Waals surface area contributed by atoms with Gasteiger partial charge in [0.1, 0.15) is 5.75 Å². The molecule has 1 heterocycles. The fourth-order valence-electron chi connectivity index (χ4n) is 5.02. The zero-order valence-corrected chi connectivity index (χ0v) is 22.4. The number of aryl methyl sites for hydroxylation is 1. The average Bonchev–Trinajstić information content (AvgIpc) is 3.26. The third-order valence-corrected chi connectivity index (χ3v) is 7.10. The maximum atomic E-state index is 6.36. The van der Waals surface area contributed by atoms with Gasteiger partial charge in [0.25, 0.3) is 0 Å². The van der Waals surface area contributed by atoms with Crippen molar-refractivity contribution >= 4 is 11.0 Å². The van der Waals surface area contributed by atoms with Crippen LogP contribution in [-0.2, 0) is 6.54 Å². The zero-order chi connectivity index (χ0) is 24.6. The molecule has 0 spiro atoms. The van der Waals surface area contributed by atoms with Gasteiger partial charge in [-0.05, 0) is 37.1 Å². The Hall–Kier alpha value is -2.29. The fourth-order valence-corrected chi connectivity index (χ4v) is 5.02. The van der Waals surface area contributed by atoms with E-state index >= 15 is 0 Å². The summed E-state index contributed by atoms with van der Waals surface area (Å²) in [5.74, 6) is 1.97. The summed E-state index contributed by atoms with van der Waals surface area (Å²) in [4.78, 5) is 5.00. The Labute approximate surface area is 214 Å². The summed E-state index contributed by atoms with van der Waals surface area (Å²) in [6, 6.07) is 18.7. The van der Waals surface area contributed by atoms with Gasteiger partial charge in [-0.25, -0.2) is 4.98 Å². The van der Waals surface area contributed by atoms with Crippen molar-refractivity contribution in [3.05, 3.63) is 60.4 Å². The molecule has 3 rings (SSSR count). The first-order chi connectivity index (χ1) is 17.3. The van der Waals surface area contributed by atoms with Crippen LogP contribution in [-0.4, -0.2) is 9.55 Å². The van der Waals surface area contributed by atoms with Crippen molar-refractivity contribution in [1.29, 1.82) is 0 Å². The normalized spacial score (nSPS) is 12.3. The van der Waals surface area contributed by atoms with Crippen molar-refractivity contribution < 1.29 is 4.74 Å². The molecule has 0 aliphatic rings. The van der Waals surface area contributed by atoms with E-state index < -0.39 is 0 Å². The Morgan fingerprint density at radius 1 is 0.657 bits per heavy atom. The molecule has 0 bridgehead atoms. The third kappa shape index (κ3) is 9.35. The van der Waals surface area contributed by atoms with Gasteiger partial charge >= 0.3 is 0 Å². The van der Waals surface area contributed by atoms with Crippen LogP contribution in [0.3, 0.4) is 0 Å². The quantitative estimate of drug-likeness (QED) is 0.161. The number of para-hydroxylation sites is 3. The molecule has 0 fully saturated rings. The minimum absolute atomic E-state index is 0.0311. The molecule has 1 aromatic heterocycles. The largest absolute Gasteiger partial charge is 0.483 e. The monoisotopic (exact) mass is 476 g/mol. The Kier molecular flexibility index (Phi) is 12.8. The van der Waals surface area contributed by atoms with E-state index in [0.717, 1.165) is 30.1 Å². The molecule has 1 atom stereocenters. The highest BCUT2D eigenvalue weighted by Gasteiger charge is 2.20. The molecule has 2 aromatic carbocycles. The van der Waals surface area contributed by atoms with Crippen molar-refractivity contribution in [2.45, 2.75) is 123 Å². The summed E-state index contributed by atoms with van der Waals surface area (Å²) in [6.07, 6.45) is 20.3. The van der Waals surface area contributed by atoms with E-state index in [9.17, 15) is 0 Å². The van der Waals surface area contributed by atoms with Crippen LogP contribution >= 0.6 is 0 Å². The topological polar surface area (TPSA) is 27.1 Å². The second-order valence-electron chi connectivity index (χ2n) is 10.0. The predicted octanol–water partition coefficient (Wildman–Crippen LogP) is 10.0. The number of benzene rings is 2. The standard InChI is InChI=1S/C32H48N2O/c1-3-5-6-7-8-9-10-11-12-13-14-15-16-22-27-34-30-26-21-20-25-29(30)33-32(34)31(4-2)35-28-23-18-17-19-24-28/h17-21,23-26,31H,3-16,22,27H2,1-2H3. The van der Waals surface area contributed by atoms with Crippen molar-refractivity contribution in [2.75, 3.05) is 0 Å². The summed E-state index contributed by atoms with van der Waals surface area (Å²) in [5, 5.41) is 0. The average molecular weight is 477 g/mol. The Balaban J connectivity index is 1.40. The molecule has 0 aliphatic heterocycles. The van der Waals surface area contributed by atoms with E-state index in [4.69, 9.17) is 9.72 Å². The van der Waals surface area contributed by atoms with Gasteiger partial charge in [0, 0.05) is 6.54 Å². The van der Waals surface area contributed by atoms with Gasteiger partial charge in [0.05, 0.1) is 11.0 Å². The minimum Gasteiger partial charge on any atom is -0.483 e. The highest BCUT2D eigenvalue weighted by atomic mass is 16.5. The van der Waals surface area contributed by atoms with E-state index in [1.165, 1.54) is 95.4 Å². The molecule has 3 heteroatoms. The SMILES string of the molecule is CCCCCCCCCCCCCCCCn1c(C(CC)Oc2ccccc2)nc2ccccc21. The lowest BCUT2D eigenvalue weighted by molar-refractivity contribution is 0.186. The Morgan fingerprint density at radius 2 is 1.20 bits per heavy atom. The number of aromatic nitrogens is 2. The molecule has 0 radical (unpaired) electrons. The van der Waals surface area contributed by atoms with Crippen molar-refractivity contribution in [3.8, 4) is 5.75 Å². The molecule has 0 saturated carbocycles. The number of ether oxygens (including phenoxy) is 1. The summed E-state index contributed by atoms with van der Waals surface area (Å²) < 4.78 is 8.77. The second-order valence-corrected chi connectivity index (χ2v) is 10.0. The first-order valence-corrected chi connectivity index (χ1v) is 14.5. The van der Waals surface area contributed by atoms with E-state index in [2.05, 4.69) is 42.7 Å². The lowest BCUT2D eigenvalue weighted by Gasteiger charge is -2.19. The number of fused-ring (bicyclic) bond motifs is 1. The van der Waals surface area contributed by atoms with Crippen LogP contribution in [0.25, 0.3) is 11.0 Å². The maximum Gasteiger partial charge on any atom is 0.156 e. The number of unbranched alkanes of at least 4 members (excludes halogenated alkanes) is 13. The molecule has 0 N–H and O–H groups in total. The summed E-state index contributed by atoms with van der Waals surface area (Å²) >= 11 is 0. The molecule has 0 aliphatic carbocycles. The Bertz CT molecular complexity index is 933. The summed E-state index contributed by atoms with van der Waals surface area (Å²) in [7, 11) is 0. The number of hydrogen-bond acceptors (Lipinski definition) is 2. The van der Waals surface area contributed by atoms with Gasteiger partial charge in [-0.2, -0.15) is 0 Å². The third-order valence-electron chi connectivity index (χ3n) is 7.10. The van der Waals surface area contributed by atoms with Gasteiger partial charge in [-0.15, -0.1) is 0 Å². The van der Waals surface area contributed by atoms with Gasteiger partial charge in [0.15, 0.2) is 11.9 Å². The zero-order valence-electron chi connectivity index (χ0n) is 22.4. The number of hydrogen-bond donors (Lipinski definition) is 0. The fraction of sp³-hybridized carbons (Fsp3) is 0.594. The van der Waals surface area contributed by atoms with Gasteiger partial charge in [-0.1, -0.05) is 128 Å². The van der Waals surface area contributed by atoms with Crippen molar-refractivity contribution in [1.82, 2.24) is 9.55 Å². The molecular formula is C32H48N2O. The van der Waals surface area contributed by atoms with Crippen molar-refractivity contribution in [3.63, 3.8) is 0 Å². The van der Waals surface area contributed by atoms with Gasteiger partial charge in [0.2, 0.25) is 0 Å². The van der Waals surface area contributed by atoms with E-state index in [-0.39, 0.29) is 6.10 Å². The van der Waals surface area contributed by atoms with Crippen LogP contribution in [0.4, 0.5) is 0 Å².